The Bertz CT molecular complexity index is 1320. The van der Waals surface area contributed by atoms with Gasteiger partial charge in [0.05, 0.1) is 0 Å². The lowest BCUT2D eigenvalue weighted by molar-refractivity contribution is -0.147. The molecule has 1 aliphatic rings. The number of alkyl halides is 3. The molecule has 1 amide bonds. The quantitative estimate of drug-likeness (QED) is 0.343. The summed E-state index contributed by atoms with van der Waals surface area (Å²) in [5, 5.41) is 11.0. The van der Waals surface area contributed by atoms with Gasteiger partial charge in [0.15, 0.2) is 0 Å². The lowest BCUT2D eigenvalue weighted by Crippen LogP contribution is -2.23. The molecule has 0 atom stereocenters. The van der Waals surface area contributed by atoms with Gasteiger partial charge in [-0.05, 0) is 60.6 Å². The van der Waals surface area contributed by atoms with Crippen molar-refractivity contribution in [2.24, 2.45) is 0 Å². The monoisotopic (exact) mass is 513 g/mol. The molecule has 4 rings (SSSR count). The van der Waals surface area contributed by atoms with E-state index in [2.05, 4.69) is 5.32 Å². The second-order valence-corrected chi connectivity index (χ2v) is 9.10. The zero-order valence-corrected chi connectivity index (χ0v) is 20.3. The van der Waals surface area contributed by atoms with E-state index < -0.39 is 23.6 Å². The van der Waals surface area contributed by atoms with Crippen molar-refractivity contribution in [1.29, 1.82) is 0 Å². The number of carbonyl (C=O) groups is 2. The van der Waals surface area contributed by atoms with Crippen LogP contribution >= 0.6 is 0 Å². The van der Waals surface area contributed by atoms with Gasteiger partial charge in [-0.15, -0.1) is 0 Å². The fraction of sp³-hybridized carbons (Fsp3) is 0.286. The number of ether oxygens (including phenoxy) is 2. The number of hydrogen-bond donors (Lipinski definition) is 2. The van der Waals surface area contributed by atoms with Crippen LogP contribution in [0.2, 0.25) is 0 Å². The lowest BCUT2D eigenvalue weighted by atomic mass is 10.0. The van der Waals surface area contributed by atoms with E-state index in [0.29, 0.717) is 42.7 Å². The number of hydrogen-bond acceptors (Lipinski definition) is 4. The summed E-state index contributed by atoms with van der Waals surface area (Å²) < 4.78 is 54.2. The fourth-order valence-corrected chi connectivity index (χ4v) is 4.39. The Morgan fingerprint density at radius 2 is 1.73 bits per heavy atom. The van der Waals surface area contributed by atoms with Crippen LogP contribution in [0.3, 0.4) is 0 Å². The molecule has 194 valence electrons. The van der Waals surface area contributed by atoms with Crippen LogP contribution in [-0.2, 0) is 35.2 Å². The van der Waals surface area contributed by atoms with Gasteiger partial charge in [0.1, 0.15) is 29.4 Å². The number of carbonyl (C=O) groups excluding carboxylic acids is 1. The first-order valence-corrected chi connectivity index (χ1v) is 11.8. The summed E-state index contributed by atoms with van der Waals surface area (Å²) in [6, 6.07) is 15.3. The van der Waals surface area contributed by atoms with Crippen LogP contribution in [0.1, 0.15) is 54.0 Å². The third-order valence-corrected chi connectivity index (χ3v) is 6.16. The van der Waals surface area contributed by atoms with Crippen molar-refractivity contribution in [3.05, 3.63) is 82.4 Å². The van der Waals surface area contributed by atoms with Gasteiger partial charge in [-0.2, -0.15) is 13.2 Å². The average molecular weight is 514 g/mol. The van der Waals surface area contributed by atoms with Gasteiger partial charge in [-0.3, -0.25) is 4.79 Å². The third kappa shape index (κ3) is 5.87. The minimum Gasteiger partial charge on any atom is -0.489 e. The maximum absolute atomic E-state index is 14.1. The number of nitrogens with one attached hydrogen (secondary N) is 1. The predicted molar refractivity (Wildman–Crippen MR) is 131 cm³/mol. The van der Waals surface area contributed by atoms with Crippen molar-refractivity contribution < 1.29 is 37.3 Å². The molecule has 0 aromatic heterocycles. The maximum Gasteiger partial charge on any atom is 0.420 e. The lowest BCUT2D eigenvalue weighted by Gasteiger charge is -2.21. The molecular formula is C28H26F3NO5. The number of fused-ring (bicyclic) bond motifs is 1. The smallest absolute Gasteiger partial charge is 0.420 e. The molecule has 0 unspecified atom stereocenters. The van der Waals surface area contributed by atoms with Crippen LogP contribution in [-0.4, -0.2) is 17.0 Å². The highest BCUT2D eigenvalue weighted by Crippen LogP contribution is 2.47. The maximum atomic E-state index is 14.1. The van der Waals surface area contributed by atoms with Gasteiger partial charge >= 0.3 is 18.1 Å². The van der Waals surface area contributed by atoms with Gasteiger partial charge in [-0.25, -0.2) is 4.79 Å². The van der Waals surface area contributed by atoms with Gasteiger partial charge in [0.2, 0.25) is 0 Å². The Morgan fingerprint density at radius 3 is 2.38 bits per heavy atom. The summed E-state index contributed by atoms with van der Waals surface area (Å²) in [7, 11) is 0. The zero-order valence-electron chi connectivity index (χ0n) is 20.3. The second kappa shape index (κ2) is 10.5. The Kier molecular flexibility index (Phi) is 7.42. The van der Waals surface area contributed by atoms with E-state index in [1.54, 1.807) is 18.2 Å². The Morgan fingerprint density at radius 1 is 1.03 bits per heavy atom. The first-order chi connectivity index (χ1) is 17.5. The summed E-state index contributed by atoms with van der Waals surface area (Å²) in [6.07, 6.45) is -3.55. The number of rotatable bonds is 7. The van der Waals surface area contributed by atoms with Crippen molar-refractivity contribution in [2.75, 3.05) is 5.32 Å². The van der Waals surface area contributed by atoms with E-state index in [0.717, 1.165) is 17.2 Å². The molecule has 6 nitrogen and oxygen atoms in total. The van der Waals surface area contributed by atoms with Crippen LogP contribution in [0, 0.1) is 0 Å². The third-order valence-electron chi connectivity index (χ3n) is 6.16. The molecule has 0 fully saturated rings. The molecule has 0 aliphatic heterocycles. The summed E-state index contributed by atoms with van der Waals surface area (Å²) in [4.78, 5) is 22.7. The molecule has 0 saturated heterocycles. The number of anilines is 1. The van der Waals surface area contributed by atoms with E-state index in [1.165, 1.54) is 0 Å². The molecule has 1 aliphatic carbocycles. The van der Waals surface area contributed by atoms with Crippen molar-refractivity contribution >= 4 is 17.6 Å². The van der Waals surface area contributed by atoms with Crippen LogP contribution in [0.25, 0.3) is 0 Å². The molecule has 0 radical (unpaired) electrons. The highest BCUT2D eigenvalue weighted by molar-refractivity contribution is 6.36. The van der Waals surface area contributed by atoms with Crippen LogP contribution < -0.4 is 14.8 Å². The summed E-state index contributed by atoms with van der Waals surface area (Å²) in [5.74, 6) is -2.67. The number of carboxylic acids is 1. The second-order valence-electron chi connectivity index (χ2n) is 9.10. The molecule has 0 bridgehead atoms. The molecule has 2 N–H and O–H groups in total. The number of benzene rings is 3. The normalized spacial score (nSPS) is 12.8. The standard InChI is InChI=1S/C28H26F3NO5/c1-16(2)21-13-18(11-12-24(21)36-15-17-7-4-3-5-8-17)37-25-20-10-6-9-19(20)23(32-26(33)27(34)35)14-22(25)28(29,30)31/h3-5,7-8,11-14,16H,6,9-10,15H2,1-2H3,(H,32,33)(H,34,35). The molecular weight excluding hydrogens is 487 g/mol. The van der Waals surface area contributed by atoms with E-state index >= 15 is 0 Å². The minimum absolute atomic E-state index is 0.00994. The molecule has 3 aromatic carbocycles. The fourth-order valence-electron chi connectivity index (χ4n) is 4.39. The largest absolute Gasteiger partial charge is 0.489 e. The van der Waals surface area contributed by atoms with Crippen molar-refractivity contribution in [2.45, 2.75) is 51.8 Å². The van der Waals surface area contributed by atoms with E-state index in [-0.39, 0.29) is 23.1 Å². The van der Waals surface area contributed by atoms with Crippen LogP contribution in [0.15, 0.2) is 54.6 Å². The molecule has 3 aromatic rings. The van der Waals surface area contributed by atoms with E-state index in [4.69, 9.17) is 14.6 Å². The van der Waals surface area contributed by atoms with Crippen LogP contribution in [0.5, 0.6) is 17.2 Å². The van der Waals surface area contributed by atoms with E-state index in [9.17, 15) is 22.8 Å². The molecule has 0 spiro atoms. The average Bonchev–Trinajstić information content (AvgIpc) is 3.35. The SMILES string of the molecule is CC(C)c1cc(Oc2c(C(F)(F)F)cc(NC(=O)C(=O)O)c3c2CCC3)ccc1OCc1ccccc1. The topological polar surface area (TPSA) is 84.9 Å². The molecule has 9 heteroatoms. The Balaban J connectivity index is 1.70. The highest BCUT2D eigenvalue weighted by Gasteiger charge is 2.39. The number of amides is 1. The number of halogens is 3. The molecule has 37 heavy (non-hydrogen) atoms. The van der Waals surface area contributed by atoms with Gasteiger partial charge in [0, 0.05) is 16.8 Å². The summed E-state index contributed by atoms with van der Waals surface area (Å²) >= 11 is 0. The zero-order chi connectivity index (χ0) is 26.7. The Hall–Kier alpha value is -4.01. The Labute approximate surface area is 212 Å². The minimum atomic E-state index is -4.80. The highest BCUT2D eigenvalue weighted by atomic mass is 19.4. The molecule has 0 saturated carbocycles. The number of carboxylic acid groups (broad SMARTS) is 1. The first kappa shape index (κ1) is 26.1. The van der Waals surface area contributed by atoms with Gasteiger partial charge in [0.25, 0.3) is 0 Å². The number of aliphatic carboxylic acids is 1. The summed E-state index contributed by atoms with van der Waals surface area (Å²) in [6.45, 7) is 4.25. The molecule has 0 heterocycles. The van der Waals surface area contributed by atoms with Crippen molar-refractivity contribution in [1.82, 2.24) is 0 Å². The van der Waals surface area contributed by atoms with Crippen LogP contribution in [0.4, 0.5) is 18.9 Å². The summed E-state index contributed by atoms with van der Waals surface area (Å²) in [5.41, 5.74) is 1.29. The van der Waals surface area contributed by atoms with E-state index in [1.807, 2.05) is 44.2 Å². The van der Waals surface area contributed by atoms with Crippen molar-refractivity contribution in [3.8, 4) is 17.2 Å². The van der Waals surface area contributed by atoms with Gasteiger partial charge < -0.3 is 19.9 Å². The van der Waals surface area contributed by atoms with Crippen molar-refractivity contribution in [3.63, 3.8) is 0 Å². The first-order valence-electron chi connectivity index (χ1n) is 11.8. The predicted octanol–water partition coefficient (Wildman–Crippen LogP) is 6.71. The van der Waals surface area contributed by atoms with Gasteiger partial charge in [-0.1, -0.05) is 44.2 Å².